The topological polar surface area (TPSA) is 139 Å². The summed E-state index contributed by atoms with van der Waals surface area (Å²) in [4.78, 5) is 0. The lowest BCUT2D eigenvalue weighted by molar-refractivity contribution is -1.92. The maximum Gasteiger partial charge on any atom is 0.173 e. The number of nitrogens with two attached hydrogens (primary N) is 1. The molecule has 0 unspecified atom stereocenters. The zero-order valence-electron chi connectivity index (χ0n) is 3.57. The van der Waals surface area contributed by atoms with Crippen LogP contribution in [-0.4, -0.2) is 4.66 Å². The Balaban J connectivity index is 0. The molecule has 7 heteroatoms. The van der Waals surface area contributed by atoms with Crippen molar-refractivity contribution in [1.82, 2.24) is 0 Å². The van der Waals surface area contributed by atoms with E-state index >= 15 is 0 Å². The molecule has 3 N–H and O–H groups in total. The molecule has 0 spiro atoms. The standard InChI is InChI=1S/CH2N2.ClHO4/c2-1-3;2-1(3,4)5/h2H2;(H,2,3,4,5). The number of nitriles is 1. The van der Waals surface area contributed by atoms with E-state index < -0.39 is 10.2 Å². The summed E-state index contributed by atoms with van der Waals surface area (Å²) in [6.07, 6.45) is 1.25. The first-order chi connectivity index (χ1) is 3.41. The summed E-state index contributed by atoms with van der Waals surface area (Å²) >= 11 is 0. The fraction of sp³-hybridized carbons (Fsp3) is 0. The third-order valence-corrected chi connectivity index (χ3v) is 0. The minimum absolute atomic E-state index is 1.25. The summed E-state index contributed by atoms with van der Waals surface area (Å²) in [5.41, 5.74) is 4.15. The Labute approximate surface area is 47.1 Å². The van der Waals surface area contributed by atoms with Gasteiger partial charge in [0.1, 0.15) is 0 Å². The SMILES string of the molecule is N#CN.[O-][Cl+3]([O-])([O-])O. The minimum Gasteiger partial charge on any atom is -0.337 e. The van der Waals surface area contributed by atoms with Gasteiger partial charge in [0.25, 0.3) is 0 Å². The largest absolute Gasteiger partial charge is 0.337 e. The molecule has 0 aliphatic rings. The second kappa shape index (κ2) is 4.58. The predicted octanol–water partition coefficient (Wildman–Crippen LogP) is -4.70. The molecular weight excluding hydrogens is 139 g/mol. The molecule has 0 heterocycles. The quantitative estimate of drug-likeness (QED) is 0.257. The van der Waals surface area contributed by atoms with E-state index in [4.69, 9.17) is 23.9 Å². The van der Waals surface area contributed by atoms with Crippen LogP contribution < -0.4 is 19.7 Å². The molecular formula is CH3ClN2O4. The van der Waals surface area contributed by atoms with Crippen LogP contribution in [0.25, 0.3) is 0 Å². The summed E-state index contributed by atoms with van der Waals surface area (Å²) in [5, 5.41) is 7.10. The van der Waals surface area contributed by atoms with Gasteiger partial charge in [0.15, 0.2) is 6.19 Å². The van der Waals surface area contributed by atoms with Crippen molar-refractivity contribution in [2.75, 3.05) is 0 Å². The Morgan fingerprint density at radius 2 is 1.50 bits per heavy atom. The van der Waals surface area contributed by atoms with Gasteiger partial charge in [-0.2, -0.15) is 19.2 Å². The molecule has 0 rings (SSSR count). The fourth-order valence-electron chi connectivity index (χ4n) is 0. The molecule has 0 saturated heterocycles. The van der Waals surface area contributed by atoms with Crippen LogP contribution in [0.2, 0.25) is 0 Å². The monoisotopic (exact) mass is 142 g/mol. The molecule has 0 aliphatic heterocycles. The fourth-order valence-corrected chi connectivity index (χ4v) is 0. The molecule has 48 valence electrons. The zero-order valence-corrected chi connectivity index (χ0v) is 4.33. The molecule has 0 aromatic rings. The maximum atomic E-state index is 8.60. The van der Waals surface area contributed by atoms with Gasteiger partial charge < -0.3 is 5.73 Å². The second-order valence-corrected chi connectivity index (χ2v) is 1.32. The number of rotatable bonds is 0. The van der Waals surface area contributed by atoms with Crippen molar-refractivity contribution in [3.63, 3.8) is 0 Å². The predicted molar refractivity (Wildman–Crippen MR) is 12.0 cm³/mol. The third-order valence-electron chi connectivity index (χ3n) is 0. The summed E-state index contributed by atoms with van der Waals surface area (Å²) in [6, 6.07) is 0. The second-order valence-electron chi connectivity index (χ2n) is 0.525. The third kappa shape index (κ3) is 315. The number of halogens is 1. The smallest absolute Gasteiger partial charge is 0.173 e. The van der Waals surface area contributed by atoms with E-state index in [0.717, 1.165) is 0 Å². The van der Waals surface area contributed by atoms with E-state index in [1.54, 1.807) is 0 Å². The van der Waals surface area contributed by atoms with E-state index in [1.807, 2.05) is 0 Å². The average Bonchev–Trinajstić information content (AvgIpc) is 1.27. The molecule has 0 saturated carbocycles. The molecule has 0 bridgehead atoms. The van der Waals surface area contributed by atoms with Crippen LogP contribution in [-0.2, 0) is 0 Å². The van der Waals surface area contributed by atoms with Crippen molar-refractivity contribution in [3.8, 4) is 6.19 Å². The lowest BCUT2D eigenvalue weighted by Gasteiger charge is -2.03. The van der Waals surface area contributed by atoms with Crippen molar-refractivity contribution in [2.24, 2.45) is 5.73 Å². The van der Waals surface area contributed by atoms with E-state index in [-0.39, 0.29) is 0 Å². The molecule has 0 aliphatic carbocycles. The van der Waals surface area contributed by atoms with E-state index in [1.165, 1.54) is 6.19 Å². The van der Waals surface area contributed by atoms with Gasteiger partial charge in [-0.25, -0.2) is 0 Å². The van der Waals surface area contributed by atoms with Crippen LogP contribution in [0.1, 0.15) is 0 Å². The Morgan fingerprint density at radius 1 is 1.50 bits per heavy atom. The highest BCUT2D eigenvalue weighted by Gasteiger charge is 1.98. The number of nitrogens with zero attached hydrogens (tertiary/aromatic N) is 1. The Bertz CT molecular complexity index is 75.0. The van der Waals surface area contributed by atoms with Crippen molar-refractivity contribution in [3.05, 3.63) is 0 Å². The van der Waals surface area contributed by atoms with Crippen molar-refractivity contribution >= 4 is 0 Å². The van der Waals surface area contributed by atoms with Gasteiger partial charge in [-0.15, -0.1) is 0 Å². The first kappa shape index (κ1) is 10.4. The highest BCUT2D eigenvalue weighted by Crippen LogP contribution is 1.60. The van der Waals surface area contributed by atoms with E-state index in [2.05, 4.69) is 5.73 Å². The van der Waals surface area contributed by atoms with Crippen LogP contribution in [0.5, 0.6) is 0 Å². The molecule has 8 heavy (non-hydrogen) atoms. The lowest BCUT2D eigenvalue weighted by atomic mass is 11.5. The zero-order chi connectivity index (χ0) is 7.21. The van der Waals surface area contributed by atoms with Gasteiger partial charge in [0.2, 0.25) is 0 Å². The Hall–Kier alpha value is -0.580. The van der Waals surface area contributed by atoms with Crippen LogP contribution in [0.3, 0.4) is 0 Å². The van der Waals surface area contributed by atoms with Crippen molar-refractivity contribution in [1.29, 1.82) is 5.26 Å². The van der Waals surface area contributed by atoms with Gasteiger partial charge >= 0.3 is 0 Å². The van der Waals surface area contributed by atoms with Gasteiger partial charge in [-0.05, 0) is 0 Å². The summed E-state index contributed by atoms with van der Waals surface area (Å²) in [5.74, 6) is 0. The van der Waals surface area contributed by atoms with Crippen LogP contribution >= 0.6 is 0 Å². The van der Waals surface area contributed by atoms with Gasteiger partial charge in [-0.3, -0.25) is 0 Å². The minimum atomic E-state index is -4.69. The molecule has 6 nitrogen and oxygen atoms in total. The van der Waals surface area contributed by atoms with Crippen LogP contribution in [0, 0.1) is 21.7 Å². The van der Waals surface area contributed by atoms with Crippen LogP contribution in [0.4, 0.5) is 0 Å². The van der Waals surface area contributed by atoms with Gasteiger partial charge in [-0.1, -0.05) is 0 Å². The highest BCUT2D eigenvalue weighted by molar-refractivity contribution is 4.46. The van der Waals surface area contributed by atoms with Crippen molar-refractivity contribution < 1.29 is 28.9 Å². The Morgan fingerprint density at radius 3 is 1.50 bits per heavy atom. The molecule has 0 aromatic heterocycles. The molecule has 0 aromatic carbocycles. The normalized spacial score (nSPS) is 8.38. The van der Waals surface area contributed by atoms with Crippen molar-refractivity contribution in [2.45, 2.75) is 0 Å². The molecule has 0 radical (unpaired) electrons. The number of hydrogen-bond donors (Lipinski definition) is 2. The van der Waals surface area contributed by atoms with Gasteiger partial charge in [0, 0.05) is 0 Å². The average molecular weight is 142 g/mol. The number of hydrogen-bond acceptors (Lipinski definition) is 6. The first-order valence-corrected chi connectivity index (χ1v) is 2.41. The summed E-state index contributed by atoms with van der Waals surface area (Å²) < 4.78 is 32.7. The summed E-state index contributed by atoms with van der Waals surface area (Å²) in [7, 11) is -4.69. The lowest BCUT2D eigenvalue weighted by Crippen LogP contribution is -2.58. The van der Waals surface area contributed by atoms with E-state index in [0.29, 0.717) is 0 Å². The Kier molecular flexibility index (Phi) is 5.95. The molecule has 0 atom stereocenters. The maximum absolute atomic E-state index is 8.60. The van der Waals surface area contributed by atoms with Crippen LogP contribution in [0.15, 0.2) is 0 Å². The van der Waals surface area contributed by atoms with Gasteiger partial charge in [0.05, 0.1) is 14.9 Å². The highest BCUT2D eigenvalue weighted by atomic mass is 35.7. The molecule has 0 amide bonds. The molecule has 0 fully saturated rings. The first-order valence-electron chi connectivity index (χ1n) is 1.14. The summed E-state index contributed by atoms with van der Waals surface area (Å²) in [6.45, 7) is 0. The van der Waals surface area contributed by atoms with E-state index in [9.17, 15) is 0 Å².